The monoisotopic (exact) mass is 478 g/mol. The first-order chi connectivity index (χ1) is 10.9. The highest BCUT2D eigenvalue weighted by Gasteiger charge is 2.21. The SMILES string of the molecule is CCNC(=NCc1nc(C)c(C)s1)NCC(C)(C)c1cccs1.I. The van der Waals surface area contributed by atoms with Gasteiger partial charge in [0.25, 0.3) is 0 Å². The number of thiophene rings is 1. The predicted octanol–water partition coefficient (Wildman–Crippen LogP) is 4.47. The number of nitrogens with zero attached hydrogens (tertiary/aromatic N) is 2. The Morgan fingerprint density at radius 3 is 2.58 bits per heavy atom. The number of halogens is 1. The van der Waals surface area contributed by atoms with Gasteiger partial charge in [-0.05, 0) is 32.2 Å². The van der Waals surface area contributed by atoms with E-state index in [1.54, 1.807) is 22.7 Å². The highest BCUT2D eigenvalue weighted by molar-refractivity contribution is 14.0. The number of hydrogen-bond acceptors (Lipinski definition) is 4. The lowest BCUT2D eigenvalue weighted by Crippen LogP contribution is -2.43. The molecule has 0 aliphatic carbocycles. The molecule has 2 heterocycles. The Morgan fingerprint density at radius 2 is 2.04 bits per heavy atom. The summed E-state index contributed by atoms with van der Waals surface area (Å²) in [6.07, 6.45) is 0. The summed E-state index contributed by atoms with van der Waals surface area (Å²) in [5.41, 5.74) is 1.19. The highest BCUT2D eigenvalue weighted by Crippen LogP contribution is 2.26. The third-order valence-corrected chi connectivity index (χ3v) is 5.97. The van der Waals surface area contributed by atoms with E-state index in [4.69, 9.17) is 0 Å². The normalized spacial score (nSPS) is 12.0. The van der Waals surface area contributed by atoms with Crippen LogP contribution in [-0.4, -0.2) is 24.0 Å². The fraction of sp³-hybridized carbons (Fsp3) is 0.529. The standard InChI is InChI=1S/C17H26N4S2.HI/c1-6-18-16(19-10-15-21-12(2)13(3)23-15)20-11-17(4,5)14-8-7-9-22-14;/h7-9H,6,10-11H2,1-5H3,(H2,18,19,20);1H. The zero-order valence-corrected chi connectivity index (χ0v) is 18.9. The third-order valence-electron chi connectivity index (χ3n) is 3.68. The lowest BCUT2D eigenvalue weighted by Gasteiger charge is -2.25. The van der Waals surface area contributed by atoms with Gasteiger partial charge >= 0.3 is 0 Å². The smallest absolute Gasteiger partial charge is 0.191 e. The van der Waals surface area contributed by atoms with Crippen molar-refractivity contribution in [1.82, 2.24) is 15.6 Å². The van der Waals surface area contributed by atoms with E-state index in [1.807, 2.05) is 6.92 Å². The van der Waals surface area contributed by atoms with Gasteiger partial charge in [-0.15, -0.1) is 46.7 Å². The molecule has 0 fully saturated rings. The first kappa shape index (κ1) is 21.4. The number of aryl methyl sites for hydroxylation is 2. The van der Waals surface area contributed by atoms with E-state index in [2.05, 4.69) is 65.8 Å². The highest BCUT2D eigenvalue weighted by atomic mass is 127. The maximum atomic E-state index is 4.67. The van der Waals surface area contributed by atoms with E-state index in [1.165, 1.54) is 9.75 Å². The molecule has 0 bridgehead atoms. The number of hydrogen-bond donors (Lipinski definition) is 2. The van der Waals surface area contributed by atoms with Gasteiger partial charge in [-0.2, -0.15) is 0 Å². The molecule has 2 rings (SSSR count). The molecular formula is C17H27IN4S2. The topological polar surface area (TPSA) is 49.3 Å². The van der Waals surface area contributed by atoms with Gasteiger partial charge in [0.05, 0.1) is 12.2 Å². The van der Waals surface area contributed by atoms with Crippen molar-refractivity contribution in [3.8, 4) is 0 Å². The van der Waals surface area contributed by atoms with E-state index < -0.39 is 0 Å². The summed E-state index contributed by atoms with van der Waals surface area (Å²) in [5, 5.41) is 9.97. The molecular weight excluding hydrogens is 451 g/mol. The summed E-state index contributed by atoms with van der Waals surface area (Å²) in [4.78, 5) is 11.9. The lowest BCUT2D eigenvalue weighted by molar-refractivity contribution is 0.518. The average molecular weight is 478 g/mol. The second-order valence-electron chi connectivity index (χ2n) is 6.16. The number of nitrogens with one attached hydrogen (secondary N) is 2. The molecule has 0 atom stereocenters. The van der Waals surface area contributed by atoms with Crippen LogP contribution in [0.25, 0.3) is 0 Å². The molecule has 0 amide bonds. The minimum atomic E-state index is 0. The second kappa shape index (κ2) is 9.72. The molecule has 0 spiro atoms. The zero-order chi connectivity index (χ0) is 16.9. The third kappa shape index (κ3) is 6.00. The number of aromatic nitrogens is 1. The quantitative estimate of drug-likeness (QED) is 0.366. The van der Waals surface area contributed by atoms with Crippen molar-refractivity contribution >= 4 is 52.6 Å². The van der Waals surface area contributed by atoms with E-state index in [9.17, 15) is 0 Å². The Kier molecular flexibility index (Phi) is 8.66. The number of guanidine groups is 1. The van der Waals surface area contributed by atoms with Gasteiger partial charge in [0.15, 0.2) is 5.96 Å². The van der Waals surface area contributed by atoms with Crippen molar-refractivity contribution in [1.29, 1.82) is 0 Å². The molecule has 24 heavy (non-hydrogen) atoms. The van der Waals surface area contributed by atoms with Crippen molar-refractivity contribution in [2.75, 3.05) is 13.1 Å². The van der Waals surface area contributed by atoms with E-state index in [-0.39, 0.29) is 29.4 Å². The summed E-state index contributed by atoms with van der Waals surface area (Å²) in [6, 6.07) is 4.30. The van der Waals surface area contributed by atoms with Crippen molar-refractivity contribution in [2.24, 2.45) is 4.99 Å². The summed E-state index contributed by atoms with van der Waals surface area (Å²) in [6.45, 7) is 13.1. The average Bonchev–Trinajstić information content (AvgIpc) is 3.13. The van der Waals surface area contributed by atoms with Gasteiger partial charge in [0.2, 0.25) is 0 Å². The van der Waals surface area contributed by atoms with Gasteiger partial charge in [-0.3, -0.25) is 0 Å². The van der Waals surface area contributed by atoms with Crippen molar-refractivity contribution in [3.05, 3.63) is 38.0 Å². The van der Waals surface area contributed by atoms with Crippen molar-refractivity contribution < 1.29 is 0 Å². The molecule has 0 radical (unpaired) electrons. The summed E-state index contributed by atoms with van der Waals surface area (Å²) in [7, 11) is 0. The van der Waals surface area contributed by atoms with E-state index in [0.29, 0.717) is 6.54 Å². The van der Waals surface area contributed by atoms with Gasteiger partial charge in [-0.25, -0.2) is 9.98 Å². The van der Waals surface area contributed by atoms with Crippen LogP contribution in [0.1, 0.15) is 41.2 Å². The Labute approximate surface area is 170 Å². The maximum absolute atomic E-state index is 4.67. The van der Waals surface area contributed by atoms with Gasteiger partial charge in [0, 0.05) is 28.3 Å². The summed E-state index contributed by atoms with van der Waals surface area (Å²) >= 11 is 3.52. The van der Waals surface area contributed by atoms with Crippen molar-refractivity contribution in [2.45, 2.75) is 46.6 Å². The first-order valence-corrected chi connectivity index (χ1v) is 9.61. The summed E-state index contributed by atoms with van der Waals surface area (Å²) < 4.78 is 0. The molecule has 2 aromatic rings. The van der Waals surface area contributed by atoms with Crippen LogP contribution in [0.2, 0.25) is 0 Å². The zero-order valence-electron chi connectivity index (χ0n) is 15.0. The first-order valence-electron chi connectivity index (χ1n) is 7.91. The molecule has 0 saturated carbocycles. The molecule has 2 aromatic heterocycles. The molecule has 7 heteroatoms. The molecule has 4 nitrogen and oxygen atoms in total. The molecule has 0 saturated heterocycles. The van der Waals surface area contributed by atoms with Crippen molar-refractivity contribution in [3.63, 3.8) is 0 Å². The molecule has 0 aromatic carbocycles. The van der Waals surface area contributed by atoms with Crippen LogP contribution in [0, 0.1) is 13.8 Å². The Bertz CT molecular complexity index is 628. The largest absolute Gasteiger partial charge is 0.357 e. The van der Waals surface area contributed by atoms with Gasteiger partial charge in [-0.1, -0.05) is 19.9 Å². The molecule has 0 aliphatic heterocycles. The molecule has 0 aliphatic rings. The molecule has 134 valence electrons. The maximum Gasteiger partial charge on any atom is 0.191 e. The van der Waals surface area contributed by atoms with Crippen LogP contribution in [0.4, 0.5) is 0 Å². The van der Waals surface area contributed by atoms with Crippen LogP contribution in [0.15, 0.2) is 22.5 Å². The lowest BCUT2D eigenvalue weighted by atomic mass is 9.91. The Hall–Kier alpha value is -0.670. The molecule has 2 N–H and O–H groups in total. The minimum Gasteiger partial charge on any atom is -0.357 e. The fourth-order valence-corrected chi connectivity index (χ4v) is 3.86. The number of thiazole rings is 1. The second-order valence-corrected chi connectivity index (χ2v) is 8.39. The number of aliphatic imine (C=N–C) groups is 1. The number of rotatable bonds is 6. The molecule has 0 unspecified atom stereocenters. The van der Waals surface area contributed by atoms with Gasteiger partial charge in [0.1, 0.15) is 5.01 Å². The van der Waals surface area contributed by atoms with Gasteiger partial charge < -0.3 is 10.6 Å². The predicted molar refractivity (Wildman–Crippen MR) is 117 cm³/mol. The fourth-order valence-electron chi connectivity index (χ4n) is 2.15. The van der Waals surface area contributed by atoms with Crippen LogP contribution in [-0.2, 0) is 12.0 Å². The minimum absolute atomic E-state index is 0. The Balaban J connectivity index is 0.00000288. The van der Waals surface area contributed by atoms with Crippen LogP contribution >= 0.6 is 46.7 Å². The van der Waals surface area contributed by atoms with E-state index in [0.717, 1.165) is 29.8 Å². The van der Waals surface area contributed by atoms with E-state index >= 15 is 0 Å². The van der Waals surface area contributed by atoms with Crippen LogP contribution in [0.3, 0.4) is 0 Å². The summed E-state index contributed by atoms with van der Waals surface area (Å²) in [5.74, 6) is 0.850. The van der Waals surface area contributed by atoms with Crippen LogP contribution in [0.5, 0.6) is 0 Å². The van der Waals surface area contributed by atoms with Crippen LogP contribution < -0.4 is 10.6 Å². The Morgan fingerprint density at radius 1 is 1.29 bits per heavy atom.